The molecule has 70 valence electrons. The van der Waals surface area contributed by atoms with Crippen LogP contribution in [0, 0.1) is 0 Å². The first-order valence-electron chi connectivity index (χ1n) is 3.55. The van der Waals surface area contributed by atoms with Gasteiger partial charge in [0.25, 0.3) is 5.91 Å². The lowest BCUT2D eigenvalue weighted by Crippen LogP contribution is -2.39. The summed E-state index contributed by atoms with van der Waals surface area (Å²) in [5.41, 5.74) is 4.77. The van der Waals surface area contributed by atoms with Crippen LogP contribution in [-0.4, -0.2) is 26.7 Å². The van der Waals surface area contributed by atoms with E-state index in [1.54, 1.807) is 6.92 Å². The van der Waals surface area contributed by atoms with E-state index in [9.17, 15) is 9.59 Å². The van der Waals surface area contributed by atoms with Gasteiger partial charge < -0.3 is 5.73 Å². The van der Waals surface area contributed by atoms with Crippen LogP contribution < -0.4 is 11.1 Å². The van der Waals surface area contributed by atoms with Gasteiger partial charge in [0, 0.05) is 0 Å². The summed E-state index contributed by atoms with van der Waals surface area (Å²) in [4.78, 5) is 25.1. The van der Waals surface area contributed by atoms with Gasteiger partial charge in [-0.1, -0.05) is 0 Å². The molecular formula is C6H9N5O2. The van der Waals surface area contributed by atoms with Gasteiger partial charge in [-0.15, -0.1) is 0 Å². The molecule has 7 heteroatoms. The van der Waals surface area contributed by atoms with Crippen molar-refractivity contribution in [3.05, 3.63) is 12.7 Å². The van der Waals surface area contributed by atoms with Gasteiger partial charge in [-0.3, -0.25) is 10.1 Å². The van der Waals surface area contributed by atoms with E-state index >= 15 is 0 Å². The smallest absolute Gasteiger partial charge is 0.318 e. The van der Waals surface area contributed by atoms with Crippen molar-refractivity contribution >= 4 is 11.9 Å². The number of rotatable bonds is 2. The Balaban J connectivity index is 2.63. The van der Waals surface area contributed by atoms with E-state index < -0.39 is 18.0 Å². The Labute approximate surface area is 73.9 Å². The van der Waals surface area contributed by atoms with E-state index in [-0.39, 0.29) is 0 Å². The van der Waals surface area contributed by atoms with Gasteiger partial charge >= 0.3 is 6.03 Å². The molecule has 0 saturated carbocycles. The second-order valence-electron chi connectivity index (χ2n) is 2.40. The number of aromatic nitrogens is 3. The van der Waals surface area contributed by atoms with Gasteiger partial charge in [-0.25, -0.2) is 14.5 Å². The summed E-state index contributed by atoms with van der Waals surface area (Å²) in [6.07, 6.45) is 2.68. The van der Waals surface area contributed by atoms with Gasteiger partial charge in [0.2, 0.25) is 0 Å². The van der Waals surface area contributed by atoms with Crippen molar-refractivity contribution in [1.29, 1.82) is 0 Å². The Bertz CT molecular complexity index is 307. The third kappa shape index (κ3) is 2.26. The average molecular weight is 183 g/mol. The van der Waals surface area contributed by atoms with E-state index in [4.69, 9.17) is 5.73 Å². The molecule has 0 aliphatic heterocycles. The molecule has 0 aromatic carbocycles. The molecule has 1 unspecified atom stereocenters. The van der Waals surface area contributed by atoms with Gasteiger partial charge in [-0.2, -0.15) is 5.10 Å². The number of primary amides is 1. The summed E-state index contributed by atoms with van der Waals surface area (Å²) >= 11 is 0. The highest BCUT2D eigenvalue weighted by Crippen LogP contribution is 2.00. The number of nitrogens with zero attached hydrogens (tertiary/aromatic N) is 3. The Morgan fingerprint density at radius 2 is 2.31 bits per heavy atom. The zero-order valence-electron chi connectivity index (χ0n) is 6.97. The maximum Gasteiger partial charge on any atom is 0.318 e. The minimum absolute atomic E-state index is 0.516. The van der Waals surface area contributed by atoms with Crippen molar-refractivity contribution in [2.45, 2.75) is 13.0 Å². The molecular weight excluding hydrogens is 174 g/mol. The summed E-state index contributed by atoms with van der Waals surface area (Å²) < 4.78 is 1.32. The first-order chi connectivity index (χ1) is 6.11. The predicted molar refractivity (Wildman–Crippen MR) is 42.5 cm³/mol. The van der Waals surface area contributed by atoms with Crippen molar-refractivity contribution in [2.75, 3.05) is 0 Å². The number of nitrogens with two attached hydrogens (primary N) is 1. The normalized spacial score (nSPS) is 12.1. The maximum absolute atomic E-state index is 11.2. The average Bonchev–Trinajstić information content (AvgIpc) is 2.53. The molecule has 1 atom stereocenters. The topological polar surface area (TPSA) is 103 Å². The van der Waals surface area contributed by atoms with Crippen LogP contribution in [-0.2, 0) is 4.79 Å². The van der Waals surface area contributed by atoms with Crippen LogP contribution in [0.5, 0.6) is 0 Å². The number of carbonyl (C=O) groups excluding carboxylic acids is 2. The van der Waals surface area contributed by atoms with Gasteiger partial charge in [0.15, 0.2) is 0 Å². The summed E-state index contributed by atoms with van der Waals surface area (Å²) in [6, 6.07) is -1.48. The van der Waals surface area contributed by atoms with Crippen LogP contribution in [0.2, 0.25) is 0 Å². The highest BCUT2D eigenvalue weighted by molar-refractivity contribution is 5.95. The number of hydrogen-bond donors (Lipinski definition) is 2. The summed E-state index contributed by atoms with van der Waals surface area (Å²) in [7, 11) is 0. The van der Waals surface area contributed by atoms with E-state index in [0.717, 1.165) is 0 Å². The molecule has 3 N–H and O–H groups in total. The highest BCUT2D eigenvalue weighted by atomic mass is 16.2. The van der Waals surface area contributed by atoms with E-state index in [1.807, 2.05) is 5.32 Å². The first-order valence-corrected chi connectivity index (χ1v) is 3.55. The molecule has 0 radical (unpaired) electrons. The Morgan fingerprint density at radius 1 is 1.62 bits per heavy atom. The van der Waals surface area contributed by atoms with Crippen LogP contribution in [0.1, 0.15) is 13.0 Å². The van der Waals surface area contributed by atoms with Crippen molar-refractivity contribution in [3.63, 3.8) is 0 Å². The van der Waals surface area contributed by atoms with Crippen molar-refractivity contribution in [1.82, 2.24) is 20.1 Å². The van der Waals surface area contributed by atoms with Crippen molar-refractivity contribution in [3.8, 4) is 0 Å². The molecule has 0 fully saturated rings. The first kappa shape index (κ1) is 9.17. The maximum atomic E-state index is 11.2. The van der Waals surface area contributed by atoms with E-state index in [1.165, 1.54) is 17.3 Å². The van der Waals surface area contributed by atoms with Crippen LogP contribution in [0.15, 0.2) is 12.7 Å². The quantitative estimate of drug-likeness (QED) is 0.615. The molecule has 3 amide bonds. The summed E-state index contributed by atoms with van der Waals surface area (Å²) in [5, 5.41) is 5.68. The molecule has 0 aliphatic carbocycles. The zero-order valence-corrected chi connectivity index (χ0v) is 6.97. The number of nitrogens with one attached hydrogen (secondary N) is 1. The minimum atomic E-state index is -0.878. The van der Waals surface area contributed by atoms with Gasteiger partial charge in [0.1, 0.15) is 18.7 Å². The number of carbonyl (C=O) groups is 2. The largest absolute Gasteiger partial charge is 0.351 e. The third-order valence-electron chi connectivity index (χ3n) is 1.46. The van der Waals surface area contributed by atoms with Crippen molar-refractivity contribution < 1.29 is 9.59 Å². The molecule has 13 heavy (non-hydrogen) atoms. The standard InChI is InChI=1S/C6H9N5O2/c1-4(5(12)10-6(7)13)11-3-8-2-9-11/h2-4H,1H3,(H3,7,10,12,13). The molecule has 1 heterocycles. The number of hydrogen-bond acceptors (Lipinski definition) is 4. The summed E-state index contributed by atoms with van der Waals surface area (Å²) in [6.45, 7) is 1.58. The highest BCUT2D eigenvalue weighted by Gasteiger charge is 2.16. The number of urea groups is 1. The molecule has 0 saturated heterocycles. The second kappa shape index (κ2) is 3.65. The lowest BCUT2D eigenvalue weighted by atomic mass is 10.3. The Morgan fingerprint density at radius 3 is 2.77 bits per heavy atom. The van der Waals surface area contributed by atoms with Crippen LogP contribution in [0.3, 0.4) is 0 Å². The monoisotopic (exact) mass is 183 g/mol. The van der Waals surface area contributed by atoms with Crippen LogP contribution >= 0.6 is 0 Å². The second-order valence-corrected chi connectivity index (χ2v) is 2.40. The van der Waals surface area contributed by atoms with E-state index in [2.05, 4.69) is 10.1 Å². The predicted octanol–water partition coefficient (Wildman–Crippen LogP) is -0.966. The van der Waals surface area contributed by atoms with Crippen LogP contribution in [0.4, 0.5) is 4.79 Å². The Hall–Kier alpha value is -1.92. The lowest BCUT2D eigenvalue weighted by molar-refractivity contribution is -0.122. The summed E-state index contributed by atoms with van der Waals surface area (Å²) in [5.74, 6) is -0.516. The zero-order chi connectivity index (χ0) is 9.84. The number of amides is 3. The lowest BCUT2D eigenvalue weighted by Gasteiger charge is -2.08. The third-order valence-corrected chi connectivity index (χ3v) is 1.46. The van der Waals surface area contributed by atoms with Gasteiger partial charge in [-0.05, 0) is 6.92 Å². The van der Waals surface area contributed by atoms with Crippen molar-refractivity contribution in [2.24, 2.45) is 5.73 Å². The minimum Gasteiger partial charge on any atom is -0.351 e. The molecule has 0 spiro atoms. The SMILES string of the molecule is CC(C(=O)NC(N)=O)n1cncn1. The molecule has 1 aromatic heterocycles. The number of imide groups is 1. The molecule has 0 bridgehead atoms. The Kier molecular flexibility index (Phi) is 2.58. The molecule has 7 nitrogen and oxygen atoms in total. The molecule has 0 aliphatic rings. The molecule has 1 aromatic rings. The van der Waals surface area contributed by atoms with Crippen LogP contribution in [0.25, 0.3) is 0 Å². The fourth-order valence-electron chi connectivity index (χ4n) is 0.763. The fourth-order valence-corrected chi connectivity index (χ4v) is 0.763. The fraction of sp³-hybridized carbons (Fsp3) is 0.333. The van der Waals surface area contributed by atoms with E-state index in [0.29, 0.717) is 0 Å². The molecule has 1 rings (SSSR count). The van der Waals surface area contributed by atoms with Gasteiger partial charge in [0.05, 0.1) is 0 Å².